The van der Waals surface area contributed by atoms with Gasteiger partial charge in [-0.25, -0.2) is 0 Å². The summed E-state index contributed by atoms with van der Waals surface area (Å²) in [4.78, 5) is 22.9. The molecular formula is C12H18O5S. The molecule has 0 saturated carbocycles. The van der Waals surface area contributed by atoms with E-state index in [9.17, 15) is 14.7 Å². The van der Waals surface area contributed by atoms with Crippen LogP contribution in [0.3, 0.4) is 0 Å². The van der Waals surface area contributed by atoms with Crippen molar-refractivity contribution >= 4 is 23.7 Å². The third-order valence-corrected chi connectivity index (χ3v) is 5.01. The molecule has 3 unspecified atom stereocenters. The summed E-state index contributed by atoms with van der Waals surface area (Å²) in [7, 11) is 1.23. The van der Waals surface area contributed by atoms with Gasteiger partial charge in [0.15, 0.2) is 5.92 Å². The van der Waals surface area contributed by atoms with Crippen molar-refractivity contribution in [1.82, 2.24) is 0 Å². The molecule has 6 heteroatoms. The summed E-state index contributed by atoms with van der Waals surface area (Å²) in [5.74, 6) is -1.02. The van der Waals surface area contributed by atoms with Crippen LogP contribution in [0.15, 0.2) is 0 Å². The number of thioether (sulfide) groups is 1. The van der Waals surface area contributed by atoms with Crippen LogP contribution in [-0.4, -0.2) is 47.9 Å². The third-order valence-electron chi connectivity index (χ3n) is 3.79. The van der Waals surface area contributed by atoms with E-state index < -0.39 is 17.9 Å². The molecule has 2 fully saturated rings. The van der Waals surface area contributed by atoms with Gasteiger partial charge in [0.1, 0.15) is 0 Å². The summed E-state index contributed by atoms with van der Waals surface area (Å²) in [6.45, 7) is 0.534. The zero-order chi connectivity index (χ0) is 13.2. The van der Waals surface area contributed by atoms with Gasteiger partial charge in [0.25, 0.3) is 0 Å². The highest BCUT2D eigenvalue weighted by molar-refractivity contribution is 7.99. The lowest BCUT2D eigenvalue weighted by Crippen LogP contribution is -2.45. The number of esters is 1. The monoisotopic (exact) mass is 274 g/mol. The maximum atomic E-state index is 11.6. The minimum Gasteiger partial charge on any atom is -0.481 e. The van der Waals surface area contributed by atoms with Gasteiger partial charge in [0, 0.05) is 12.4 Å². The van der Waals surface area contributed by atoms with Crippen molar-refractivity contribution in [3.63, 3.8) is 0 Å². The largest absolute Gasteiger partial charge is 0.481 e. The SMILES string of the molecule is COC(=O)C(C(=O)O)C1CCOC2(CCSC2)C1. The summed E-state index contributed by atoms with van der Waals surface area (Å²) in [6.07, 6.45) is 2.20. The van der Waals surface area contributed by atoms with Gasteiger partial charge in [0.05, 0.1) is 12.7 Å². The first-order valence-corrected chi connectivity index (χ1v) is 7.26. The van der Waals surface area contributed by atoms with Crippen LogP contribution in [0.1, 0.15) is 19.3 Å². The molecule has 0 radical (unpaired) electrons. The minimum absolute atomic E-state index is 0.178. The summed E-state index contributed by atoms with van der Waals surface area (Å²) >= 11 is 1.83. The Balaban J connectivity index is 2.10. The Morgan fingerprint density at radius 3 is 2.89 bits per heavy atom. The van der Waals surface area contributed by atoms with Crippen molar-refractivity contribution < 1.29 is 24.2 Å². The Labute approximate surface area is 110 Å². The number of ether oxygens (including phenoxy) is 2. The van der Waals surface area contributed by atoms with Crippen LogP contribution in [0.4, 0.5) is 0 Å². The molecule has 0 aromatic rings. The molecule has 1 spiro atoms. The van der Waals surface area contributed by atoms with Crippen molar-refractivity contribution in [3.8, 4) is 0 Å². The van der Waals surface area contributed by atoms with Gasteiger partial charge in [-0.2, -0.15) is 11.8 Å². The highest BCUT2D eigenvalue weighted by atomic mass is 32.2. The quantitative estimate of drug-likeness (QED) is 0.615. The van der Waals surface area contributed by atoms with Gasteiger partial charge in [0.2, 0.25) is 0 Å². The number of carboxylic acids is 1. The molecule has 5 nitrogen and oxygen atoms in total. The summed E-state index contributed by atoms with van der Waals surface area (Å²) in [5, 5.41) is 9.21. The minimum atomic E-state index is -1.09. The van der Waals surface area contributed by atoms with Gasteiger partial charge in [-0.05, 0) is 30.9 Å². The lowest BCUT2D eigenvalue weighted by molar-refractivity contribution is -0.164. The first kappa shape index (κ1) is 13.7. The number of hydrogen-bond acceptors (Lipinski definition) is 5. The van der Waals surface area contributed by atoms with E-state index in [1.54, 1.807) is 0 Å². The van der Waals surface area contributed by atoms with Gasteiger partial charge >= 0.3 is 11.9 Å². The number of rotatable bonds is 3. The molecule has 102 valence electrons. The normalized spacial score (nSPS) is 33.3. The number of carbonyl (C=O) groups is 2. The topological polar surface area (TPSA) is 72.8 Å². The van der Waals surface area contributed by atoms with E-state index >= 15 is 0 Å². The van der Waals surface area contributed by atoms with Crippen molar-refractivity contribution in [2.75, 3.05) is 25.2 Å². The van der Waals surface area contributed by atoms with Crippen LogP contribution in [0.5, 0.6) is 0 Å². The summed E-state index contributed by atoms with van der Waals surface area (Å²) < 4.78 is 10.4. The number of methoxy groups -OCH3 is 1. The van der Waals surface area contributed by atoms with Crippen LogP contribution in [0.25, 0.3) is 0 Å². The molecule has 0 aromatic heterocycles. The molecule has 0 amide bonds. The second-order valence-electron chi connectivity index (χ2n) is 4.93. The van der Waals surface area contributed by atoms with Gasteiger partial charge < -0.3 is 14.6 Å². The average Bonchev–Trinajstić information content (AvgIpc) is 2.77. The maximum absolute atomic E-state index is 11.6. The lowest BCUT2D eigenvalue weighted by Gasteiger charge is -2.39. The first-order valence-electron chi connectivity index (χ1n) is 6.10. The Morgan fingerprint density at radius 1 is 1.56 bits per heavy atom. The predicted molar refractivity (Wildman–Crippen MR) is 66.5 cm³/mol. The van der Waals surface area contributed by atoms with Crippen molar-refractivity contribution in [3.05, 3.63) is 0 Å². The van der Waals surface area contributed by atoms with Crippen LogP contribution >= 0.6 is 11.8 Å². The molecule has 2 rings (SSSR count). The van der Waals surface area contributed by atoms with Crippen LogP contribution in [0, 0.1) is 11.8 Å². The Hall–Kier alpha value is -0.750. The molecule has 2 saturated heterocycles. The average molecular weight is 274 g/mol. The van der Waals surface area contributed by atoms with Crippen LogP contribution in [0.2, 0.25) is 0 Å². The summed E-state index contributed by atoms with van der Waals surface area (Å²) in [5.41, 5.74) is -0.213. The first-order chi connectivity index (χ1) is 8.58. The van der Waals surface area contributed by atoms with E-state index in [0.717, 1.165) is 17.9 Å². The Morgan fingerprint density at radius 2 is 2.33 bits per heavy atom. The molecule has 0 aromatic carbocycles. The Kier molecular flexibility index (Phi) is 4.17. The highest BCUT2D eigenvalue weighted by Gasteiger charge is 2.46. The van der Waals surface area contributed by atoms with Gasteiger partial charge in [-0.3, -0.25) is 9.59 Å². The van der Waals surface area contributed by atoms with Gasteiger partial charge in [-0.1, -0.05) is 0 Å². The van der Waals surface area contributed by atoms with E-state index in [0.29, 0.717) is 19.4 Å². The molecule has 0 bridgehead atoms. The lowest BCUT2D eigenvalue weighted by atomic mass is 9.78. The smallest absolute Gasteiger partial charge is 0.320 e. The molecule has 2 aliphatic rings. The number of aliphatic carboxylic acids is 1. The maximum Gasteiger partial charge on any atom is 0.320 e. The van der Waals surface area contributed by atoms with Crippen LogP contribution < -0.4 is 0 Å². The number of carboxylic acid groups (broad SMARTS) is 1. The molecule has 1 N–H and O–H groups in total. The van der Waals surface area contributed by atoms with E-state index in [1.807, 2.05) is 11.8 Å². The molecule has 18 heavy (non-hydrogen) atoms. The Bertz CT molecular complexity index is 337. The van der Waals surface area contributed by atoms with E-state index in [4.69, 9.17) is 4.74 Å². The second kappa shape index (κ2) is 5.48. The zero-order valence-electron chi connectivity index (χ0n) is 10.4. The van der Waals surface area contributed by atoms with Crippen LogP contribution in [-0.2, 0) is 19.1 Å². The predicted octanol–water partition coefficient (Wildman–Crippen LogP) is 1.16. The number of carbonyl (C=O) groups excluding carboxylic acids is 1. The van der Waals surface area contributed by atoms with Crippen molar-refractivity contribution in [2.45, 2.75) is 24.9 Å². The molecular weight excluding hydrogens is 256 g/mol. The fraction of sp³-hybridized carbons (Fsp3) is 0.833. The van der Waals surface area contributed by atoms with Crippen molar-refractivity contribution in [1.29, 1.82) is 0 Å². The second-order valence-corrected chi connectivity index (χ2v) is 6.03. The van der Waals surface area contributed by atoms with E-state index in [-0.39, 0.29) is 11.5 Å². The zero-order valence-corrected chi connectivity index (χ0v) is 11.2. The third kappa shape index (κ3) is 2.64. The molecule has 2 heterocycles. The van der Waals surface area contributed by atoms with E-state index in [2.05, 4.69) is 4.74 Å². The van der Waals surface area contributed by atoms with Crippen molar-refractivity contribution in [2.24, 2.45) is 11.8 Å². The fourth-order valence-electron chi connectivity index (χ4n) is 2.84. The highest BCUT2D eigenvalue weighted by Crippen LogP contribution is 2.42. The molecule has 0 aliphatic carbocycles. The fourth-order valence-corrected chi connectivity index (χ4v) is 4.21. The van der Waals surface area contributed by atoms with Gasteiger partial charge in [-0.15, -0.1) is 0 Å². The van der Waals surface area contributed by atoms with E-state index in [1.165, 1.54) is 7.11 Å². The molecule has 2 aliphatic heterocycles. The summed E-state index contributed by atoms with van der Waals surface area (Å²) in [6, 6.07) is 0. The molecule has 3 atom stereocenters. The number of hydrogen-bond donors (Lipinski definition) is 1. The standard InChI is InChI=1S/C12H18O5S/c1-16-11(15)9(10(13)14)8-2-4-17-12(6-8)3-5-18-7-12/h8-9H,2-7H2,1H3,(H,13,14).